The average Bonchev–Trinajstić information content (AvgIpc) is 3.00. The van der Waals surface area contributed by atoms with Gasteiger partial charge in [0.05, 0.1) is 37.0 Å². The first-order valence-corrected chi connectivity index (χ1v) is 9.65. The molecule has 0 spiro atoms. The fourth-order valence-electron chi connectivity index (χ4n) is 3.95. The minimum Gasteiger partial charge on any atom is -0.493 e. The lowest BCUT2D eigenvalue weighted by Gasteiger charge is -2.19. The van der Waals surface area contributed by atoms with Crippen molar-refractivity contribution < 1.29 is 27.9 Å². The molecule has 1 atom stereocenters. The number of methoxy groups -OCH3 is 3. The molecule has 1 aliphatic carbocycles. The van der Waals surface area contributed by atoms with Gasteiger partial charge in [-0.25, -0.2) is 0 Å². The summed E-state index contributed by atoms with van der Waals surface area (Å²) in [7, 11) is 1.47. The lowest BCUT2D eigenvalue weighted by atomic mass is 9.95. The SMILES string of the molecule is [2H]C([2H])([2H])Oc1cc2c(c(OC)c1OC)-c1ccc(C(=O)NC)c(=O)cc1[C@@H](NC(C)=O)CC2. The van der Waals surface area contributed by atoms with Crippen molar-refractivity contribution in [2.75, 3.05) is 28.3 Å². The molecule has 1 aliphatic rings. The van der Waals surface area contributed by atoms with Crippen LogP contribution in [0.5, 0.6) is 17.2 Å². The van der Waals surface area contributed by atoms with E-state index >= 15 is 0 Å². The molecule has 3 rings (SSSR count). The first-order valence-electron chi connectivity index (χ1n) is 11.1. The maximum Gasteiger partial charge on any atom is 0.254 e. The van der Waals surface area contributed by atoms with Gasteiger partial charge in [-0.1, -0.05) is 6.07 Å². The van der Waals surface area contributed by atoms with Crippen molar-refractivity contribution in [3.05, 3.63) is 51.2 Å². The average molecular weight is 429 g/mol. The van der Waals surface area contributed by atoms with Gasteiger partial charge >= 0.3 is 0 Å². The van der Waals surface area contributed by atoms with Crippen LogP contribution in [0.25, 0.3) is 11.1 Å². The van der Waals surface area contributed by atoms with Gasteiger partial charge in [0.2, 0.25) is 11.7 Å². The third kappa shape index (κ3) is 4.05. The van der Waals surface area contributed by atoms with Gasteiger partial charge in [-0.3, -0.25) is 14.4 Å². The normalized spacial score (nSPS) is 16.3. The Labute approximate surface area is 184 Å². The minimum absolute atomic E-state index is 0.0199. The van der Waals surface area contributed by atoms with Gasteiger partial charge < -0.3 is 24.8 Å². The summed E-state index contributed by atoms with van der Waals surface area (Å²) in [5, 5.41) is 5.31. The molecule has 0 fully saturated rings. The van der Waals surface area contributed by atoms with E-state index in [1.165, 1.54) is 40.3 Å². The largest absolute Gasteiger partial charge is 0.493 e. The molecule has 31 heavy (non-hydrogen) atoms. The topological polar surface area (TPSA) is 103 Å². The number of hydrogen-bond donors (Lipinski definition) is 2. The summed E-state index contributed by atoms with van der Waals surface area (Å²) in [6.07, 6.45) is 0.813. The number of fused-ring (bicyclic) bond motifs is 3. The first kappa shape index (κ1) is 18.2. The lowest BCUT2D eigenvalue weighted by molar-refractivity contribution is -0.119. The van der Waals surface area contributed by atoms with Crippen LogP contribution in [-0.2, 0) is 11.2 Å². The molecule has 0 saturated heterocycles. The molecule has 2 aromatic rings. The smallest absolute Gasteiger partial charge is 0.254 e. The van der Waals surface area contributed by atoms with E-state index in [9.17, 15) is 14.4 Å². The van der Waals surface area contributed by atoms with Crippen LogP contribution in [0.2, 0.25) is 0 Å². The molecule has 0 bridgehead atoms. The van der Waals surface area contributed by atoms with Crippen molar-refractivity contribution in [3.63, 3.8) is 0 Å². The van der Waals surface area contributed by atoms with E-state index in [-0.39, 0.29) is 28.7 Å². The first-order chi connectivity index (χ1) is 16.0. The summed E-state index contributed by atoms with van der Waals surface area (Å²) in [5.74, 6) is -0.569. The molecule has 8 heteroatoms. The highest BCUT2D eigenvalue weighted by molar-refractivity contribution is 5.94. The zero-order chi connectivity index (χ0) is 25.2. The number of carbonyl (C=O) groups is 2. The zero-order valence-electron chi connectivity index (χ0n) is 20.8. The molecule has 0 aliphatic heterocycles. The van der Waals surface area contributed by atoms with Crippen LogP contribution in [-0.4, -0.2) is 40.1 Å². The molecule has 0 aromatic heterocycles. The van der Waals surface area contributed by atoms with E-state index in [1.54, 1.807) is 12.1 Å². The number of aryl methyl sites for hydroxylation is 1. The summed E-state index contributed by atoms with van der Waals surface area (Å²) >= 11 is 0. The maximum absolute atomic E-state index is 12.9. The van der Waals surface area contributed by atoms with Crippen molar-refractivity contribution in [2.45, 2.75) is 25.8 Å². The van der Waals surface area contributed by atoms with Crippen LogP contribution in [0, 0.1) is 0 Å². The third-order valence-electron chi connectivity index (χ3n) is 5.28. The number of hydrogen-bond acceptors (Lipinski definition) is 6. The van der Waals surface area contributed by atoms with Gasteiger partial charge in [0, 0.05) is 19.5 Å². The molecule has 2 N–H and O–H groups in total. The second-order valence-electron chi connectivity index (χ2n) is 7.07. The quantitative estimate of drug-likeness (QED) is 0.756. The van der Waals surface area contributed by atoms with Crippen LogP contribution in [0.3, 0.4) is 0 Å². The number of carbonyl (C=O) groups excluding carboxylic acids is 2. The second-order valence-corrected chi connectivity index (χ2v) is 7.07. The Bertz CT molecular complexity index is 1200. The standard InChI is InChI=1S/C23H26N2O6/c1-12(26)25-17-9-6-13-10-19(29-3)21(30-4)22(31-5)20(13)14-7-8-15(23(28)24-2)18(27)11-16(14)17/h7-8,10-11,17H,6,9H2,1-5H3,(H,24,28)(H,25,26)/t17-/m0/s1/i3D3. The molecule has 0 heterocycles. The molecule has 2 amide bonds. The Morgan fingerprint density at radius 2 is 1.87 bits per heavy atom. The molecular weight excluding hydrogens is 400 g/mol. The lowest BCUT2D eigenvalue weighted by Crippen LogP contribution is -2.27. The van der Waals surface area contributed by atoms with Gasteiger partial charge in [-0.15, -0.1) is 0 Å². The Hall–Kier alpha value is -3.55. The summed E-state index contributed by atoms with van der Waals surface area (Å²) in [4.78, 5) is 37.1. The number of rotatable bonds is 5. The molecular formula is C23H26N2O6. The van der Waals surface area contributed by atoms with Crippen LogP contribution in [0.4, 0.5) is 0 Å². The van der Waals surface area contributed by atoms with Gasteiger partial charge in [0.15, 0.2) is 16.9 Å². The van der Waals surface area contributed by atoms with Crippen LogP contribution in [0.1, 0.15) is 45.0 Å². The molecule has 0 unspecified atom stereocenters. The molecule has 164 valence electrons. The number of nitrogens with one attached hydrogen (secondary N) is 2. The van der Waals surface area contributed by atoms with Crippen LogP contribution < -0.4 is 30.3 Å². The summed E-state index contributed by atoms with van der Waals surface area (Å²) < 4.78 is 38.8. The number of ether oxygens (including phenoxy) is 3. The monoisotopic (exact) mass is 429 g/mol. The molecule has 2 aromatic carbocycles. The molecule has 8 nitrogen and oxygen atoms in total. The third-order valence-corrected chi connectivity index (χ3v) is 5.28. The highest BCUT2D eigenvalue weighted by Crippen LogP contribution is 2.50. The fourth-order valence-corrected chi connectivity index (χ4v) is 3.95. The van der Waals surface area contributed by atoms with Crippen LogP contribution in [0.15, 0.2) is 29.1 Å². The number of amides is 2. The van der Waals surface area contributed by atoms with Gasteiger partial charge in [-0.05, 0) is 47.7 Å². The summed E-state index contributed by atoms with van der Waals surface area (Å²) in [6, 6.07) is 5.40. The van der Waals surface area contributed by atoms with E-state index in [4.69, 9.17) is 18.3 Å². The zero-order valence-corrected chi connectivity index (χ0v) is 17.8. The van der Waals surface area contributed by atoms with Crippen molar-refractivity contribution in [2.24, 2.45) is 0 Å². The Balaban J connectivity index is 2.41. The molecule has 0 saturated carbocycles. The van der Waals surface area contributed by atoms with Gasteiger partial charge in [-0.2, -0.15) is 0 Å². The predicted octanol–water partition coefficient (Wildman–Crippen LogP) is 2.22. The minimum atomic E-state index is -2.72. The van der Waals surface area contributed by atoms with Crippen molar-refractivity contribution in [3.8, 4) is 28.4 Å². The maximum atomic E-state index is 12.9. The van der Waals surface area contributed by atoms with E-state index in [0.717, 1.165) is 0 Å². The second kappa shape index (κ2) is 9.07. The van der Waals surface area contributed by atoms with E-state index in [0.29, 0.717) is 35.1 Å². The van der Waals surface area contributed by atoms with E-state index in [1.807, 2.05) is 0 Å². The van der Waals surface area contributed by atoms with E-state index in [2.05, 4.69) is 10.6 Å². The van der Waals surface area contributed by atoms with Gasteiger partial charge in [0.1, 0.15) is 0 Å². The Morgan fingerprint density at radius 3 is 2.48 bits per heavy atom. The number of benzene rings is 1. The summed E-state index contributed by atoms with van der Waals surface area (Å²) in [6.45, 7) is 1.38. The van der Waals surface area contributed by atoms with Crippen molar-refractivity contribution >= 4 is 11.8 Å². The van der Waals surface area contributed by atoms with Crippen molar-refractivity contribution in [1.82, 2.24) is 10.6 Å². The Morgan fingerprint density at radius 1 is 1.13 bits per heavy atom. The molecule has 0 radical (unpaired) electrons. The predicted molar refractivity (Wildman–Crippen MR) is 116 cm³/mol. The van der Waals surface area contributed by atoms with Crippen LogP contribution >= 0.6 is 0 Å². The fraction of sp³-hybridized carbons (Fsp3) is 0.348. The van der Waals surface area contributed by atoms with E-state index < -0.39 is 24.4 Å². The van der Waals surface area contributed by atoms with Crippen molar-refractivity contribution in [1.29, 1.82) is 0 Å². The van der Waals surface area contributed by atoms with Gasteiger partial charge in [0.25, 0.3) is 5.91 Å². The Kier molecular flexibility index (Phi) is 5.34. The summed E-state index contributed by atoms with van der Waals surface area (Å²) in [5.41, 5.74) is 1.69. The highest BCUT2D eigenvalue weighted by atomic mass is 16.5. The highest BCUT2D eigenvalue weighted by Gasteiger charge is 2.29.